The zero-order chi connectivity index (χ0) is 13.9. The molecule has 0 amide bonds. The number of nitrogens with two attached hydrogens (primary N) is 1. The summed E-state index contributed by atoms with van der Waals surface area (Å²) in [6.07, 6.45) is -0.510. The molecule has 1 fully saturated rings. The van der Waals surface area contributed by atoms with Crippen LogP contribution in [-0.2, 0) is 12.6 Å². The highest BCUT2D eigenvalue weighted by Gasteiger charge is 2.30. The van der Waals surface area contributed by atoms with Crippen molar-refractivity contribution in [1.82, 2.24) is 5.32 Å². The van der Waals surface area contributed by atoms with E-state index in [0.717, 1.165) is 38.4 Å². The first-order chi connectivity index (χ1) is 8.97. The van der Waals surface area contributed by atoms with Crippen molar-refractivity contribution in [2.75, 3.05) is 18.8 Å². The second-order valence-corrected chi connectivity index (χ2v) is 5.16. The van der Waals surface area contributed by atoms with Gasteiger partial charge in [0.2, 0.25) is 0 Å². The van der Waals surface area contributed by atoms with Crippen LogP contribution in [0, 0.1) is 5.92 Å². The largest absolute Gasteiger partial charge is 0.416 e. The van der Waals surface area contributed by atoms with Crippen molar-refractivity contribution >= 4 is 5.69 Å². The second-order valence-electron chi connectivity index (χ2n) is 5.16. The summed E-state index contributed by atoms with van der Waals surface area (Å²) in [5.41, 5.74) is 6.22. The first-order valence-electron chi connectivity index (χ1n) is 6.63. The quantitative estimate of drug-likeness (QED) is 0.829. The van der Waals surface area contributed by atoms with E-state index in [1.165, 1.54) is 12.1 Å². The lowest BCUT2D eigenvalue weighted by atomic mass is 9.92. The molecule has 1 saturated heterocycles. The number of hydrogen-bond acceptors (Lipinski definition) is 2. The third kappa shape index (κ3) is 3.86. The van der Waals surface area contributed by atoms with Gasteiger partial charge in [-0.05, 0) is 68.5 Å². The van der Waals surface area contributed by atoms with Gasteiger partial charge in [0.15, 0.2) is 0 Å². The van der Waals surface area contributed by atoms with Gasteiger partial charge in [-0.25, -0.2) is 0 Å². The molecule has 2 nitrogen and oxygen atoms in total. The molecular weight excluding hydrogens is 253 g/mol. The van der Waals surface area contributed by atoms with Crippen LogP contribution >= 0.6 is 0 Å². The Hall–Kier alpha value is -1.23. The van der Waals surface area contributed by atoms with Crippen LogP contribution in [0.4, 0.5) is 18.9 Å². The smallest absolute Gasteiger partial charge is 0.399 e. The standard InChI is InChI=1S/C14H19F3N2/c15-14(16,17)12-5-6-13(18)11(8-12)4-3-10-2-1-7-19-9-10/h5-6,8,10,19H,1-4,7,9,18H2. The molecule has 0 radical (unpaired) electrons. The molecule has 0 aliphatic carbocycles. The first-order valence-corrected chi connectivity index (χ1v) is 6.63. The molecule has 1 aliphatic rings. The molecule has 1 unspecified atom stereocenters. The summed E-state index contributed by atoms with van der Waals surface area (Å²) in [4.78, 5) is 0. The van der Waals surface area contributed by atoms with E-state index in [2.05, 4.69) is 5.32 Å². The number of hydrogen-bond donors (Lipinski definition) is 2. The van der Waals surface area contributed by atoms with Crippen molar-refractivity contribution in [2.24, 2.45) is 5.92 Å². The lowest BCUT2D eigenvalue weighted by molar-refractivity contribution is -0.137. The molecule has 0 bridgehead atoms. The predicted octanol–water partition coefficient (Wildman–Crippen LogP) is 3.22. The number of aryl methyl sites for hydroxylation is 1. The molecule has 1 atom stereocenters. The van der Waals surface area contributed by atoms with Crippen LogP contribution in [0.5, 0.6) is 0 Å². The van der Waals surface area contributed by atoms with E-state index in [1.807, 2.05) is 0 Å². The third-order valence-electron chi connectivity index (χ3n) is 3.69. The van der Waals surface area contributed by atoms with Crippen molar-refractivity contribution in [3.05, 3.63) is 29.3 Å². The normalized spacial score (nSPS) is 20.5. The Morgan fingerprint density at radius 3 is 2.74 bits per heavy atom. The van der Waals surface area contributed by atoms with Gasteiger partial charge in [0.25, 0.3) is 0 Å². The van der Waals surface area contributed by atoms with Crippen LogP contribution in [0.15, 0.2) is 18.2 Å². The molecule has 0 aromatic heterocycles. The molecule has 1 aromatic rings. The van der Waals surface area contributed by atoms with Crippen LogP contribution in [0.1, 0.15) is 30.4 Å². The number of anilines is 1. The van der Waals surface area contributed by atoms with E-state index in [4.69, 9.17) is 5.73 Å². The minimum Gasteiger partial charge on any atom is -0.399 e. The van der Waals surface area contributed by atoms with Gasteiger partial charge in [0, 0.05) is 5.69 Å². The summed E-state index contributed by atoms with van der Waals surface area (Å²) < 4.78 is 37.9. The average molecular weight is 272 g/mol. The summed E-state index contributed by atoms with van der Waals surface area (Å²) in [7, 11) is 0. The molecule has 1 aromatic carbocycles. The Morgan fingerprint density at radius 1 is 1.32 bits per heavy atom. The van der Waals surface area contributed by atoms with Gasteiger partial charge >= 0.3 is 6.18 Å². The van der Waals surface area contributed by atoms with Gasteiger partial charge in [-0.3, -0.25) is 0 Å². The maximum atomic E-state index is 12.6. The minimum absolute atomic E-state index is 0.455. The van der Waals surface area contributed by atoms with Gasteiger partial charge in [-0.2, -0.15) is 13.2 Å². The van der Waals surface area contributed by atoms with E-state index < -0.39 is 11.7 Å². The second kappa shape index (κ2) is 5.82. The van der Waals surface area contributed by atoms with Crippen LogP contribution in [0.3, 0.4) is 0 Å². The third-order valence-corrected chi connectivity index (χ3v) is 3.69. The van der Waals surface area contributed by atoms with Crippen molar-refractivity contribution in [3.63, 3.8) is 0 Å². The van der Waals surface area contributed by atoms with E-state index in [-0.39, 0.29) is 0 Å². The molecule has 3 N–H and O–H groups in total. The zero-order valence-electron chi connectivity index (χ0n) is 10.8. The predicted molar refractivity (Wildman–Crippen MR) is 69.8 cm³/mol. The Kier molecular flexibility index (Phi) is 4.34. The number of rotatable bonds is 3. The number of alkyl halides is 3. The van der Waals surface area contributed by atoms with Crippen LogP contribution in [-0.4, -0.2) is 13.1 Å². The summed E-state index contributed by atoms with van der Waals surface area (Å²) in [6.45, 7) is 2.00. The number of nitrogens with one attached hydrogen (secondary N) is 1. The fourth-order valence-corrected chi connectivity index (χ4v) is 2.53. The van der Waals surface area contributed by atoms with Crippen LogP contribution in [0.25, 0.3) is 0 Å². The van der Waals surface area contributed by atoms with Crippen molar-refractivity contribution in [1.29, 1.82) is 0 Å². The monoisotopic (exact) mass is 272 g/mol. The molecule has 1 heterocycles. The fraction of sp³-hybridized carbons (Fsp3) is 0.571. The van der Waals surface area contributed by atoms with Crippen LogP contribution < -0.4 is 11.1 Å². The first kappa shape index (κ1) is 14.2. The minimum atomic E-state index is -4.30. The summed E-state index contributed by atoms with van der Waals surface area (Å²) in [5.74, 6) is 0.544. The summed E-state index contributed by atoms with van der Waals surface area (Å²) >= 11 is 0. The molecular formula is C14H19F3N2. The van der Waals surface area contributed by atoms with Crippen LogP contribution in [0.2, 0.25) is 0 Å². The number of benzene rings is 1. The number of nitrogen functional groups attached to an aromatic ring is 1. The molecule has 19 heavy (non-hydrogen) atoms. The maximum absolute atomic E-state index is 12.6. The van der Waals surface area contributed by atoms with Crippen molar-refractivity contribution in [3.8, 4) is 0 Å². The van der Waals surface area contributed by atoms with Gasteiger partial charge in [0.05, 0.1) is 5.56 Å². The lowest BCUT2D eigenvalue weighted by Crippen LogP contribution is -2.30. The Morgan fingerprint density at radius 2 is 2.11 bits per heavy atom. The molecule has 0 spiro atoms. The number of piperidine rings is 1. The SMILES string of the molecule is Nc1ccc(C(F)(F)F)cc1CCC1CCCNC1. The molecule has 1 aliphatic heterocycles. The molecule has 0 saturated carbocycles. The van der Waals surface area contributed by atoms with Gasteiger partial charge in [-0.1, -0.05) is 0 Å². The highest BCUT2D eigenvalue weighted by molar-refractivity contribution is 5.49. The molecule has 2 rings (SSSR count). The Labute approximate surface area is 111 Å². The molecule has 106 valence electrons. The van der Waals surface area contributed by atoms with Gasteiger partial charge in [0.1, 0.15) is 0 Å². The van der Waals surface area contributed by atoms with E-state index >= 15 is 0 Å². The average Bonchev–Trinajstić information content (AvgIpc) is 2.37. The van der Waals surface area contributed by atoms with Crippen molar-refractivity contribution in [2.45, 2.75) is 31.9 Å². The van der Waals surface area contributed by atoms with Gasteiger partial charge < -0.3 is 11.1 Å². The van der Waals surface area contributed by atoms with E-state index in [0.29, 0.717) is 23.6 Å². The topological polar surface area (TPSA) is 38.0 Å². The Balaban J connectivity index is 2.02. The Bertz CT molecular complexity index is 423. The summed E-state index contributed by atoms with van der Waals surface area (Å²) in [6, 6.07) is 3.59. The fourth-order valence-electron chi connectivity index (χ4n) is 2.53. The summed E-state index contributed by atoms with van der Waals surface area (Å²) in [5, 5.41) is 3.31. The van der Waals surface area contributed by atoms with E-state index in [9.17, 15) is 13.2 Å². The molecule has 5 heteroatoms. The zero-order valence-corrected chi connectivity index (χ0v) is 10.8. The number of halogens is 3. The maximum Gasteiger partial charge on any atom is 0.416 e. The van der Waals surface area contributed by atoms with Crippen molar-refractivity contribution < 1.29 is 13.2 Å². The highest BCUT2D eigenvalue weighted by Crippen LogP contribution is 2.32. The van der Waals surface area contributed by atoms with E-state index in [1.54, 1.807) is 0 Å². The highest BCUT2D eigenvalue weighted by atomic mass is 19.4. The lowest BCUT2D eigenvalue weighted by Gasteiger charge is -2.23. The van der Waals surface area contributed by atoms with Gasteiger partial charge in [-0.15, -0.1) is 0 Å².